The largest absolute Gasteiger partial charge is 0.469 e. The van der Waals surface area contributed by atoms with Gasteiger partial charge in [-0.2, -0.15) is 0 Å². The van der Waals surface area contributed by atoms with Crippen molar-refractivity contribution in [2.75, 3.05) is 13.1 Å². The van der Waals surface area contributed by atoms with Gasteiger partial charge in [-0.3, -0.25) is 0 Å². The molecule has 0 saturated heterocycles. The number of hydrogen-bond acceptors (Lipinski definition) is 4. The molecule has 1 unspecified atom stereocenters. The van der Waals surface area contributed by atoms with Crippen molar-refractivity contribution < 1.29 is 13.9 Å². The van der Waals surface area contributed by atoms with E-state index in [1.165, 1.54) is 0 Å². The molecule has 0 amide bonds. The lowest BCUT2D eigenvalue weighted by Crippen LogP contribution is -2.45. The quantitative estimate of drug-likeness (QED) is 0.362. The minimum atomic E-state index is -1.15. The molecule has 1 aromatic carbocycles. The minimum Gasteiger partial charge on any atom is -0.469 e. The number of nitrogens with one attached hydrogen (secondary N) is 2. The predicted molar refractivity (Wildman–Crippen MR) is 112 cm³/mol. The number of guanidine groups is 1. The molecule has 3 rings (SSSR count). The highest BCUT2D eigenvalue weighted by Gasteiger charge is 2.26. The van der Waals surface area contributed by atoms with Crippen LogP contribution < -0.4 is 10.6 Å². The molecule has 0 spiro atoms. The highest BCUT2D eigenvalue weighted by molar-refractivity contribution is 9.10. The zero-order valence-electron chi connectivity index (χ0n) is 15.7. The molecule has 0 fully saturated rings. The number of rotatable bonds is 8. The number of furan rings is 2. The molecule has 148 valence electrons. The Morgan fingerprint density at radius 1 is 1.07 bits per heavy atom. The number of hydrogen-bond donors (Lipinski definition) is 3. The maximum absolute atomic E-state index is 10.7. The minimum absolute atomic E-state index is 0.257. The highest BCUT2D eigenvalue weighted by Crippen LogP contribution is 2.19. The van der Waals surface area contributed by atoms with E-state index in [4.69, 9.17) is 8.83 Å². The molecular weight excluding hydrogens is 422 g/mol. The van der Waals surface area contributed by atoms with Gasteiger partial charge in [-0.15, -0.1) is 0 Å². The third kappa shape index (κ3) is 6.00. The zero-order chi connectivity index (χ0) is 19.8. The molecule has 6 nitrogen and oxygen atoms in total. The van der Waals surface area contributed by atoms with E-state index in [-0.39, 0.29) is 6.54 Å². The Balaban J connectivity index is 1.62. The summed E-state index contributed by atoms with van der Waals surface area (Å²) in [5.74, 6) is 2.02. The van der Waals surface area contributed by atoms with Crippen LogP contribution in [0.25, 0.3) is 0 Å². The molecule has 1 atom stereocenters. The van der Waals surface area contributed by atoms with Gasteiger partial charge < -0.3 is 24.6 Å². The first-order chi connectivity index (χ1) is 13.5. The first-order valence-corrected chi connectivity index (χ1v) is 9.87. The molecule has 7 heteroatoms. The average molecular weight is 446 g/mol. The van der Waals surface area contributed by atoms with Crippen molar-refractivity contribution in [3.05, 3.63) is 82.6 Å². The van der Waals surface area contributed by atoms with E-state index >= 15 is 0 Å². The molecular formula is C21H24BrN3O3. The average Bonchev–Trinajstić information content (AvgIpc) is 3.39. The lowest BCUT2D eigenvalue weighted by atomic mass is 10.0. The fourth-order valence-electron chi connectivity index (χ4n) is 2.62. The number of nitrogens with zero attached hydrogens (tertiary/aromatic N) is 1. The molecule has 3 aromatic rings. The normalized spacial score (nSPS) is 13.9. The molecule has 0 aliphatic carbocycles. The van der Waals surface area contributed by atoms with Gasteiger partial charge in [0.2, 0.25) is 0 Å². The van der Waals surface area contributed by atoms with Crippen LogP contribution in [0.3, 0.4) is 0 Å². The second-order valence-corrected chi connectivity index (χ2v) is 7.57. The van der Waals surface area contributed by atoms with Crippen LogP contribution in [0, 0.1) is 0 Å². The molecule has 0 aliphatic rings. The molecule has 2 heterocycles. The summed E-state index contributed by atoms with van der Waals surface area (Å²) in [6, 6.07) is 15.3. The van der Waals surface area contributed by atoms with Crippen molar-refractivity contribution in [3.8, 4) is 0 Å². The van der Waals surface area contributed by atoms with Gasteiger partial charge in [0, 0.05) is 17.4 Å². The number of aliphatic imine (C=N–C) groups is 1. The van der Waals surface area contributed by atoms with E-state index in [1.807, 2.05) is 36.4 Å². The van der Waals surface area contributed by atoms with Crippen molar-refractivity contribution in [1.82, 2.24) is 10.6 Å². The first kappa shape index (κ1) is 20.2. The lowest BCUT2D eigenvalue weighted by molar-refractivity contribution is 0.0386. The summed E-state index contributed by atoms with van der Waals surface area (Å²) in [5, 5.41) is 17.1. The van der Waals surface area contributed by atoms with Crippen molar-refractivity contribution >= 4 is 21.9 Å². The third-order valence-corrected chi connectivity index (χ3v) is 4.76. The molecule has 3 N–H and O–H groups in total. The number of aliphatic hydroxyl groups is 1. The van der Waals surface area contributed by atoms with Crippen molar-refractivity contribution in [2.45, 2.75) is 25.5 Å². The highest BCUT2D eigenvalue weighted by atomic mass is 79.9. The second kappa shape index (κ2) is 9.61. The van der Waals surface area contributed by atoms with E-state index in [0.717, 1.165) is 22.2 Å². The summed E-state index contributed by atoms with van der Waals surface area (Å²) >= 11 is 3.44. The number of benzene rings is 1. The Morgan fingerprint density at radius 2 is 1.82 bits per heavy atom. The molecule has 0 saturated carbocycles. The summed E-state index contributed by atoms with van der Waals surface area (Å²) in [6.07, 6.45) is 3.95. The summed E-state index contributed by atoms with van der Waals surface area (Å²) in [6.45, 7) is 3.14. The summed E-state index contributed by atoms with van der Waals surface area (Å²) in [4.78, 5) is 4.63. The van der Waals surface area contributed by atoms with Crippen molar-refractivity contribution in [3.63, 3.8) is 0 Å². The zero-order valence-corrected chi connectivity index (χ0v) is 17.3. The SMILES string of the molecule is CC(O)(CNC(=NCc1ccc(Br)cc1)NCCc1ccco1)c1ccco1. The fraction of sp³-hybridized carbons (Fsp3) is 0.286. The summed E-state index contributed by atoms with van der Waals surface area (Å²) in [5.41, 5.74) is -0.0574. The Hall–Kier alpha value is -2.51. The standard InChI is InChI=1S/C21H24BrN3O3/c1-21(26,19-5-3-13-28-19)15-25-20(23-11-10-18-4-2-12-27-18)24-14-16-6-8-17(22)9-7-16/h2-9,12-13,26H,10-11,14-15H2,1H3,(H2,23,24,25). The van der Waals surface area contributed by atoms with Crippen LogP contribution in [0.5, 0.6) is 0 Å². The van der Waals surface area contributed by atoms with Gasteiger partial charge in [0.15, 0.2) is 5.96 Å². The van der Waals surface area contributed by atoms with Gasteiger partial charge in [-0.1, -0.05) is 28.1 Å². The van der Waals surface area contributed by atoms with Gasteiger partial charge in [0.1, 0.15) is 17.1 Å². The van der Waals surface area contributed by atoms with Crippen LogP contribution in [0.4, 0.5) is 0 Å². The van der Waals surface area contributed by atoms with Crippen LogP contribution in [-0.2, 0) is 18.6 Å². The lowest BCUT2D eigenvalue weighted by Gasteiger charge is -2.23. The van der Waals surface area contributed by atoms with E-state index in [0.29, 0.717) is 24.8 Å². The molecule has 0 radical (unpaired) electrons. The Morgan fingerprint density at radius 3 is 2.50 bits per heavy atom. The predicted octanol–water partition coefficient (Wildman–Crippen LogP) is 3.82. The van der Waals surface area contributed by atoms with Crippen LogP contribution >= 0.6 is 15.9 Å². The van der Waals surface area contributed by atoms with E-state index in [9.17, 15) is 5.11 Å². The Bertz CT molecular complexity index is 857. The van der Waals surface area contributed by atoms with Crippen molar-refractivity contribution in [1.29, 1.82) is 0 Å². The van der Waals surface area contributed by atoms with Gasteiger partial charge in [-0.25, -0.2) is 4.99 Å². The molecule has 2 aromatic heterocycles. The second-order valence-electron chi connectivity index (χ2n) is 6.65. The van der Waals surface area contributed by atoms with Crippen LogP contribution in [0.2, 0.25) is 0 Å². The topological polar surface area (TPSA) is 82.9 Å². The van der Waals surface area contributed by atoms with E-state index in [2.05, 4.69) is 31.6 Å². The van der Waals surface area contributed by atoms with Gasteiger partial charge in [0.05, 0.1) is 25.6 Å². The van der Waals surface area contributed by atoms with E-state index in [1.54, 1.807) is 31.6 Å². The van der Waals surface area contributed by atoms with Gasteiger partial charge in [-0.05, 0) is 48.9 Å². The molecule has 28 heavy (non-hydrogen) atoms. The number of halogens is 1. The van der Waals surface area contributed by atoms with Crippen LogP contribution in [0.1, 0.15) is 24.0 Å². The van der Waals surface area contributed by atoms with Gasteiger partial charge >= 0.3 is 0 Å². The monoisotopic (exact) mass is 445 g/mol. The fourth-order valence-corrected chi connectivity index (χ4v) is 2.89. The summed E-state index contributed by atoms with van der Waals surface area (Å²) < 4.78 is 11.7. The summed E-state index contributed by atoms with van der Waals surface area (Å²) in [7, 11) is 0. The first-order valence-electron chi connectivity index (χ1n) is 9.08. The molecule has 0 bridgehead atoms. The smallest absolute Gasteiger partial charge is 0.191 e. The Labute approximate surface area is 172 Å². The maximum atomic E-state index is 10.7. The Kier molecular flexibility index (Phi) is 6.95. The third-order valence-electron chi connectivity index (χ3n) is 4.23. The maximum Gasteiger partial charge on any atom is 0.191 e. The van der Waals surface area contributed by atoms with Crippen LogP contribution in [-0.4, -0.2) is 24.2 Å². The van der Waals surface area contributed by atoms with E-state index < -0.39 is 5.60 Å². The molecule has 0 aliphatic heterocycles. The van der Waals surface area contributed by atoms with Gasteiger partial charge in [0.25, 0.3) is 0 Å². The van der Waals surface area contributed by atoms with Crippen LogP contribution in [0.15, 0.2) is 79.4 Å². The van der Waals surface area contributed by atoms with Crippen molar-refractivity contribution in [2.24, 2.45) is 4.99 Å².